The molecule has 3 atom stereocenters. The third-order valence-electron chi connectivity index (χ3n) is 4.31. The Labute approximate surface area is 129 Å². The Hall–Kier alpha value is -1.72. The second kappa shape index (κ2) is 5.48. The van der Waals surface area contributed by atoms with E-state index in [-0.39, 0.29) is 24.2 Å². The van der Waals surface area contributed by atoms with Gasteiger partial charge in [-0.1, -0.05) is 29.8 Å². The molecule has 0 heterocycles. The highest BCUT2D eigenvalue weighted by Crippen LogP contribution is 2.53. The van der Waals surface area contributed by atoms with Gasteiger partial charge in [0.05, 0.1) is 10.1 Å². The number of aryl methyl sites for hydroxylation is 1. The summed E-state index contributed by atoms with van der Waals surface area (Å²) in [6.45, 7) is 2.18. The zero-order valence-electron chi connectivity index (χ0n) is 12.2. The second-order valence-electron chi connectivity index (χ2n) is 5.80. The average Bonchev–Trinajstić information content (AvgIpc) is 3.23. The Balaban J connectivity index is 1.95. The van der Waals surface area contributed by atoms with E-state index in [0.29, 0.717) is 10.5 Å². The Morgan fingerprint density at radius 2 is 1.82 bits per heavy atom. The molecule has 1 saturated carbocycles. The lowest BCUT2D eigenvalue weighted by Crippen LogP contribution is -2.13. The Kier molecular flexibility index (Phi) is 3.78. The first-order valence-corrected chi connectivity index (χ1v) is 8.76. The molecule has 1 aliphatic rings. The van der Waals surface area contributed by atoms with E-state index in [2.05, 4.69) is 0 Å². The maximum Gasteiger partial charge on any atom is 0.182 e. The van der Waals surface area contributed by atoms with Gasteiger partial charge in [0.1, 0.15) is 5.82 Å². The minimum absolute atomic E-state index is 0.159. The van der Waals surface area contributed by atoms with Gasteiger partial charge >= 0.3 is 0 Å². The van der Waals surface area contributed by atoms with Crippen LogP contribution in [0.4, 0.5) is 4.39 Å². The summed E-state index contributed by atoms with van der Waals surface area (Å²) in [4.78, 5) is 0.306. The third kappa shape index (κ3) is 2.55. The first kappa shape index (κ1) is 15.2. The molecule has 3 rings (SSSR count). The highest BCUT2D eigenvalue weighted by atomic mass is 32.2. The SMILES string of the molecule is Cc1ccc(S(=O)(=O)[C@@H]2[C@@H](CN)[C@@H]2c2cccc(F)c2)cc1. The molecule has 5 heteroatoms. The molecule has 0 bridgehead atoms. The van der Waals surface area contributed by atoms with Crippen molar-refractivity contribution in [2.24, 2.45) is 11.7 Å². The van der Waals surface area contributed by atoms with Crippen LogP contribution in [0.25, 0.3) is 0 Å². The zero-order valence-corrected chi connectivity index (χ0v) is 13.1. The molecule has 1 aliphatic carbocycles. The number of nitrogens with two attached hydrogens (primary N) is 1. The number of hydrogen-bond acceptors (Lipinski definition) is 3. The van der Waals surface area contributed by atoms with E-state index in [0.717, 1.165) is 5.56 Å². The van der Waals surface area contributed by atoms with Gasteiger partial charge < -0.3 is 5.73 Å². The van der Waals surface area contributed by atoms with E-state index in [4.69, 9.17) is 5.73 Å². The van der Waals surface area contributed by atoms with Gasteiger partial charge in [0.2, 0.25) is 0 Å². The summed E-state index contributed by atoms with van der Waals surface area (Å²) >= 11 is 0. The highest BCUT2D eigenvalue weighted by Gasteiger charge is 2.58. The van der Waals surface area contributed by atoms with Crippen LogP contribution in [0.2, 0.25) is 0 Å². The van der Waals surface area contributed by atoms with Crippen LogP contribution in [0.5, 0.6) is 0 Å². The van der Waals surface area contributed by atoms with Crippen molar-refractivity contribution in [2.75, 3.05) is 6.54 Å². The zero-order chi connectivity index (χ0) is 15.9. The minimum atomic E-state index is -3.46. The van der Waals surface area contributed by atoms with Gasteiger partial charge in [-0.3, -0.25) is 0 Å². The van der Waals surface area contributed by atoms with E-state index in [1.165, 1.54) is 12.1 Å². The molecule has 2 aromatic rings. The Morgan fingerprint density at radius 3 is 2.41 bits per heavy atom. The lowest BCUT2D eigenvalue weighted by molar-refractivity contribution is 0.591. The van der Waals surface area contributed by atoms with Crippen molar-refractivity contribution in [3.8, 4) is 0 Å². The molecule has 116 valence electrons. The molecule has 0 saturated heterocycles. The molecule has 2 N–H and O–H groups in total. The summed E-state index contributed by atoms with van der Waals surface area (Å²) in [5.41, 5.74) is 7.44. The third-order valence-corrected chi connectivity index (χ3v) is 6.60. The van der Waals surface area contributed by atoms with Gasteiger partial charge in [0.25, 0.3) is 0 Å². The monoisotopic (exact) mass is 319 g/mol. The van der Waals surface area contributed by atoms with Crippen LogP contribution >= 0.6 is 0 Å². The molecule has 0 spiro atoms. The van der Waals surface area contributed by atoms with Crippen LogP contribution in [0.1, 0.15) is 17.0 Å². The van der Waals surface area contributed by atoms with Crippen LogP contribution in [0, 0.1) is 18.7 Å². The molecule has 0 unspecified atom stereocenters. The Bertz CT molecular complexity index is 787. The van der Waals surface area contributed by atoms with Gasteiger partial charge in [0, 0.05) is 5.92 Å². The summed E-state index contributed by atoms with van der Waals surface area (Å²) in [7, 11) is -3.46. The van der Waals surface area contributed by atoms with Gasteiger partial charge in [-0.05, 0) is 49.2 Å². The van der Waals surface area contributed by atoms with Crippen molar-refractivity contribution in [1.29, 1.82) is 0 Å². The van der Waals surface area contributed by atoms with Gasteiger partial charge in [-0.2, -0.15) is 0 Å². The van der Waals surface area contributed by atoms with Crippen molar-refractivity contribution in [2.45, 2.75) is 23.0 Å². The number of rotatable bonds is 4. The first-order chi connectivity index (χ1) is 10.4. The first-order valence-electron chi connectivity index (χ1n) is 7.21. The molecular formula is C17H18FNO2S. The highest BCUT2D eigenvalue weighted by molar-refractivity contribution is 7.92. The normalized spacial score (nSPS) is 24.2. The van der Waals surface area contributed by atoms with E-state index >= 15 is 0 Å². The molecule has 0 amide bonds. The molecule has 22 heavy (non-hydrogen) atoms. The van der Waals surface area contributed by atoms with Crippen molar-refractivity contribution >= 4 is 9.84 Å². The van der Waals surface area contributed by atoms with E-state index in [9.17, 15) is 12.8 Å². The number of hydrogen-bond donors (Lipinski definition) is 1. The molecule has 3 nitrogen and oxygen atoms in total. The number of sulfone groups is 1. The average molecular weight is 319 g/mol. The smallest absolute Gasteiger partial charge is 0.182 e. The maximum absolute atomic E-state index is 13.4. The van der Waals surface area contributed by atoms with Gasteiger partial charge in [-0.25, -0.2) is 12.8 Å². The largest absolute Gasteiger partial charge is 0.330 e. The summed E-state index contributed by atoms with van der Waals surface area (Å²) in [6.07, 6.45) is 0. The molecule has 0 radical (unpaired) electrons. The topological polar surface area (TPSA) is 60.2 Å². The summed E-state index contributed by atoms with van der Waals surface area (Å²) < 4.78 is 39.0. The molecule has 1 fully saturated rings. The van der Waals surface area contributed by atoms with Gasteiger partial charge in [-0.15, -0.1) is 0 Å². The van der Waals surface area contributed by atoms with Crippen molar-refractivity contribution in [3.05, 3.63) is 65.5 Å². The number of halogens is 1. The molecule has 0 aliphatic heterocycles. The molecular weight excluding hydrogens is 301 g/mol. The van der Waals surface area contributed by atoms with Crippen molar-refractivity contribution < 1.29 is 12.8 Å². The standard InChI is InChI=1S/C17H18FNO2S/c1-11-5-7-14(8-6-11)22(20,21)17-15(10-19)16(17)12-3-2-4-13(18)9-12/h2-9,15-17H,10,19H2,1H3/t15-,16-,17+/m0/s1. The van der Waals surface area contributed by atoms with E-state index in [1.807, 2.05) is 6.92 Å². The summed E-state index contributed by atoms with van der Waals surface area (Å²) in [5.74, 6) is -0.744. The van der Waals surface area contributed by atoms with E-state index < -0.39 is 15.1 Å². The Morgan fingerprint density at radius 1 is 1.14 bits per heavy atom. The minimum Gasteiger partial charge on any atom is -0.330 e. The fourth-order valence-electron chi connectivity index (χ4n) is 3.08. The lowest BCUT2D eigenvalue weighted by atomic mass is 10.1. The second-order valence-corrected chi connectivity index (χ2v) is 7.91. The van der Waals surface area contributed by atoms with Crippen molar-refractivity contribution in [1.82, 2.24) is 0 Å². The van der Waals surface area contributed by atoms with Crippen LogP contribution in [-0.4, -0.2) is 20.2 Å². The molecule has 2 aromatic carbocycles. The summed E-state index contributed by atoms with van der Waals surface area (Å²) in [5, 5.41) is -0.568. The fraction of sp³-hybridized carbons (Fsp3) is 0.294. The molecule has 0 aromatic heterocycles. The summed E-state index contributed by atoms with van der Waals surface area (Å²) in [6, 6.07) is 12.9. The predicted octanol–water partition coefficient (Wildman–Crippen LogP) is 2.65. The van der Waals surface area contributed by atoms with Crippen LogP contribution < -0.4 is 5.73 Å². The number of benzene rings is 2. The van der Waals surface area contributed by atoms with Crippen LogP contribution in [-0.2, 0) is 9.84 Å². The van der Waals surface area contributed by atoms with Gasteiger partial charge in [0.15, 0.2) is 9.84 Å². The van der Waals surface area contributed by atoms with E-state index in [1.54, 1.807) is 36.4 Å². The maximum atomic E-state index is 13.4. The van der Waals surface area contributed by atoms with Crippen molar-refractivity contribution in [3.63, 3.8) is 0 Å². The lowest BCUT2D eigenvalue weighted by Gasteiger charge is -2.05. The van der Waals surface area contributed by atoms with Crippen LogP contribution in [0.15, 0.2) is 53.4 Å². The fourth-order valence-corrected chi connectivity index (χ4v) is 5.31. The van der Waals surface area contributed by atoms with Crippen LogP contribution in [0.3, 0.4) is 0 Å². The quantitative estimate of drug-likeness (QED) is 0.942. The predicted molar refractivity (Wildman–Crippen MR) is 83.8 cm³/mol.